The maximum atomic E-state index is 10.9. The number of likely N-dealkylation sites (N-methyl/N-ethyl adjacent to an activating group) is 1. The summed E-state index contributed by atoms with van der Waals surface area (Å²) in [6.45, 7) is 1.89. The molecule has 2 rings (SSSR count). The molecule has 0 spiro atoms. The fourth-order valence-corrected chi connectivity index (χ4v) is 2.17. The third-order valence-electron chi connectivity index (χ3n) is 3.14. The Morgan fingerprint density at radius 1 is 1.65 bits per heavy atom. The molecule has 1 fully saturated rings. The Kier molecular flexibility index (Phi) is 3.53. The Balaban J connectivity index is 2.23. The molecule has 0 aromatic carbocycles. The van der Waals surface area contributed by atoms with E-state index in [1.165, 1.54) is 6.20 Å². The lowest BCUT2D eigenvalue weighted by atomic mass is 10.1. The number of rotatable bonds is 3. The van der Waals surface area contributed by atoms with Crippen LogP contribution in [0.15, 0.2) is 18.3 Å². The zero-order valence-electron chi connectivity index (χ0n) is 9.80. The number of hydrogen-bond acceptors (Lipinski definition) is 5. The first-order valence-electron chi connectivity index (χ1n) is 5.73. The fraction of sp³-hybridized carbons (Fsp3) is 0.545. The Hall–Kier alpha value is -1.69. The number of nitrogens with zero attached hydrogens (tertiary/aromatic N) is 3. The molecule has 0 amide bonds. The minimum absolute atomic E-state index is 0.0689. The van der Waals surface area contributed by atoms with Gasteiger partial charge in [0.1, 0.15) is 11.9 Å². The van der Waals surface area contributed by atoms with Gasteiger partial charge in [-0.05, 0) is 41.4 Å². The van der Waals surface area contributed by atoms with E-state index >= 15 is 0 Å². The van der Waals surface area contributed by atoms with Crippen molar-refractivity contribution < 1.29 is 4.92 Å². The van der Waals surface area contributed by atoms with Crippen LogP contribution in [-0.4, -0.2) is 36.1 Å². The molecule has 92 valence electrons. The maximum absolute atomic E-state index is 10.9. The van der Waals surface area contributed by atoms with Gasteiger partial charge in [0.05, 0.1) is 0 Å². The molecule has 6 heteroatoms. The van der Waals surface area contributed by atoms with Crippen LogP contribution in [0.2, 0.25) is 0 Å². The van der Waals surface area contributed by atoms with Gasteiger partial charge in [0.15, 0.2) is 0 Å². The van der Waals surface area contributed by atoms with Crippen molar-refractivity contribution in [1.82, 2.24) is 10.3 Å². The Morgan fingerprint density at radius 2 is 2.47 bits per heavy atom. The smallest absolute Gasteiger partial charge is 0.363 e. The Morgan fingerprint density at radius 3 is 3.12 bits per heavy atom. The van der Waals surface area contributed by atoms with Gasteiger partial charge in [-0.1, -0.05) is 0 Å². The highest BCUT2D eigenvalue weighted by Crippen LogP contribution is 2.26. The summed E-state index contributed by atoms with van der Waals surface area (Å²) in [6.07, 6.45) is 3.60. The molecule has 6 nitrogen and oxygen atoms in total. The minimum Gasteiger partial charge on any atom is -0.363 e. The van der Waals surface area contributed by atoms with Gasteiger partial charge in [-0.15, -0.1) is 0 Å². The number of piperidine rings is 1. The van der Waals surface area contributed by atoms with Crippen molar-refractivity contribution in [1.29, 1.82) is 0 Å². The van der Waals surface area contributed by atoms with Gasteiger partial charge < -0.3 is 20.3 Å². The van der Waals surface area contributed by atoms with Crippen molar-refractivity contribution in [2.24, 2.45) is 0 Å². The minimum atomic E-state index is -0.428. The van der Waals surface area contributed by atoms with Crippen molar-refractivity contribution >= 4 is 11.5 Å². The van der Waals surface area contributed by atoms with Crippen LogP contribution < -0.4 is 10.2 Å². The summed E-state index contributed by atoms with van der Waals surface area (Å²) < 4.78 is 0. The van der Waals surface area contributed by atoms with Crippen LogP contribution >= 0.6 is 0 Å². The third-order valence-corrected chi connectivity index (χ3v) is 3.14. The number of nitrogens with one attached hydrogen (secondary N) is 1. The average molecular weight is 236 g/mol. The van der Waals surface area contributed by atoms with Crippen LogP contribution in [0, 0.1) is 10.1 Å². The molecule has 1 N–H and O–H groups in total. The molecule has 17 heavy (non-hydrogen) atoms. The lowest BCUT2D eigenvalue weighted by Crippen LogP contribution is -2.44. The van der Waals surface area contributed by atoms with Crippen molar-refractivity contribution in [3.05, 3.63) is 28.4 Å². The van der Waals surface area contributed by atoms with E-state index in [0.717, 1.165) is 25.9 Å². The molecule has 1 aromatic rings. The zero-order valence-corrected chi connectivity index (χ0v) is 9.80. The fourth-order valence-electron chi connectivity index (χ4n) is 2.17. The molecule has 1 aromatic heterocycles. The molecule has 1 unspecified atom stereocenters. The van der Waals surface area contributed by atoms with Crippen molar-refractivity contribution in [2.75, 3.05) is 25.0 Å². The summed E-state index contributed by atoms with van der Waals surface area (Å²) in [6, 6.07) is 3.78. The van der Waals surface area contributed by atoms with Crippen molar-refractivity contribution in [3.63, 3.8) is 0 Å². The SMILES string of the molecule is CN(c1cccnc1[N+](=O)[O-])C1CCCNC1. The first-order chi connectivity index (χ1) is 8.20. The van der Waals surface area contributed by atoms with Gasteiger partial charge >= 0.3 is 5.82 Å². The van der Waals surface area contributed by atoms with Crippen LogP contribution in [0.4, 0.5) is 11.5 Å². The predicted molar refractivity (Wildman–Crippen MR) is 65.2 cm³/mol. The number of hydrogen-bond donors (Lipinski definition) is 1. The number of aromatic nitrogens is 1. The van der Waals surface area contributed by atoms with E-state index in [4.69, 9.17) is 0 Å². The standard InChI is InChI=1S/C11H16N4O2/c1-14(9-4-2-6-12-8-9)10-5-3-7-13-11(10)15(16)17/h3,5,7,9,12H,2,4,6,8H2,1H3. The number of pyridine rings is 1. The quantitative estimate of drug-likeness (QED) is 0.630. The second-order valence-corrected chi connectivity index (χ2v) is 4.21. The lowest BCUT2D eigenvalue weighted by Gasteiger charge is -2.32. The highest BCUT2D eigenvalue weighted by Gasteiger charge is 2.24. The van der Waals surface area contributed by atoms with Crippen LogP contribution in [0.5, 0.6) is 0 Å². The molecule has 1 saturated heterocycles. The summed E-state index contributed by atoms with van der Waals surface area (Å²) in [5, 5.41) is 14.2. The summed E-state index contributed by atoms with van der Waals surface area (Å²) in [4.78, 5) is 16.3. The molecular weight excluding hydrogens is 220 g/mol. The summed E-state index contributed by atoms with van der Waals surface area (Å²) >= 11 is 0. The van der Waals surface area contributed by atoms with Gasteiger partial charge in [0.25, 0.3) is 0 Å². The Bertz CT molecular complexity index is 404. The molecule has 1 aliphatic rings. The van der Waals surface area contributed by atoms with E-state index in [0.29, 0.717) is 11.7 Å². The molecule has 0 saturated carbocycles. The van der Waals surface area contributed by atoms with Crippen molar-refractivity contribution in [3.8, 4) is 0 Å². The van der Waals surface area contributed by atoms with E-state index in [2.05, 4.69) is 10.3 Å². The van der Waals surface area contributed by atoms with Crippen LogP contribution in [-0.2, 0) is 0 Å². The number of anilines is 1. The second-order valence-electron chi connectivity index (χ2n) is 4.21. The zero-order chi connectivity index (χ0) is 12.3. The van der Waals surface area contributed by atoms with Gasteiger partial charge in [-0.25, -0.2) is 0 Å². The lowest BCUT2D eigenvalue weighted by molar-refractivity contribution is -0.388. The summed E-state index contributed by atoms with van der Waals surface area (Å²) in [5.74, 6) is -0.0689. The molecule has 1 atom stereocenters. The normalized spacial score (nSPS) is 19.9. The van der Waals surface area contributed by atoms with Gasteiger partial charge in [-0.3, -0.25) is 0 Å². The maximum Gasteiger partial charge on any atom is 0.387 e. The van der Waals surface area contributed by atoms with E-state index in [1.807, 2.05) is 11.9 Å². The van der Waals surface area contributed by atoms with E-state index in [9.17, 15) is 10.1 Å². The van der Waals surface area contributed by atoms with Crippen LogP contribution in [0.1, 0.15) is 12.8 Å². The monoisotopic (exact) mass is 236 g/mol. The molecule has 0 aliphatic carbocycles. The Labute approximate surface area is 99.8 Å². The molecule has 0 radical (unpaired) electrons. The number of nitro groups is 1. The molecular formula is C11H16N4O2. The van der Waals surface area contributed by atoms with Crippen molar-refractivity contribution in [2.45, 2.75) is 18.9 Å². The van der Waals surface area contributed by atoms with E-state index in [-0.39, 0.29) is 5.82 Å². The van der Waals surface area contributed by atoms with Gasteiger partial charge in [-0.2, -0.15) is 0 Å². The summed E-state index contributed by atoms with van der Waals surface area (Å²) in [5.41, 5.74) is 0.589. The summed E-state index contributed by atoms with van der Waals surface area (Å²) in [7, 11) is 1.89. The van der Waals surface area contributed by atoms with Crippen LogP contribution in [0.3, 0.4) is 0 Å². The van der Waals surface area contributed by atoms with Gasteiger partial charge in [0.2, 0.25) is 0 Å². The van der Waals surface area contributed by atoms with E-state index in [1.54, 1.807) is 12.1 Å². The highest BCUT2D eigenvalue weighted by atomic mass is 16.6. The molecule has 0 bridgehead atoms. The third kappa shape index (κ3) is 2.52. The average Bonchev–Trinajstić information content (AvgIpc) is 2.39. The topological polar surface area (TPSA) is 71.3 Å². The molecule has 2 heterocycles. The van der Waals surface area contributed by atoms with E-state index < -0.39 is 4.92 Å². The largest absolute Gasteiger partial charge is 0.387 e. The van der Waals surface area contributed by atoms with Crippen LogP contribution in [0.25, 0.3) is 0 Å². The first-order valence-corrected chi connectivity index (χ1v) is 5.73. The van der Waals surface area contributed by atoms with Gasteiger partial charge in [0, 0.05) is 19.6 Å². The predicted octanol–water partition coefficient (Wildman–Crippen LogP) is 1.18. The molecule has 1 aliphatic heterocycles. The first kappa shape index (κ1) is 11.8. The second kappa shape index (κ2) is 5.09. The highest BCUT2D eigenvalue weighted by molar-refractivity contribution is 5.59.